The molecule has 4 heteroatoms. The third-order valence-electron chi connectivity index (χ3n) is 7.87. The lowest BCUT2D eigenvalue weighted by molar-refractivity contribution is 0.446. The van der Waals surface area contributed by atoms with E-state index in [1.165, 1.54) is 99.9 Å². The molecule has 0 aliphatic rings. The van der Waals surface area contributed by atoms with E-state index < -0.39 is 0 Å². The van der Waals surface area contributed by atoms with Crippen LogP contribution in [0.3, 0.4) is 0 Å². The molecule has 0 saturated heterocycles. The Morgan fingerprint density at radius 1 is 0.535 bits per heavy atom. The molecular formula is C39H58O3S. The van der Waals surface area contributed by atoms with Crippen LogP contribution in [-0.2, 0) is 18.3 Å². The van der Waals surface area contributed by atoms with Crippen LogP contribution in [0.5, 0.6) is 17.2 Å². The fourth-order valence-electron chi connectivity index (χ4n) is 5.20. The minimum Gasteiger partial charge on any atom is -0.508 e. The molecule has 0 fully saturated rings. The predicted octanol–water partition coefficient (Wildman–Crippen LogP) is 12.1. The minimum atomic E-state index is 0.0256. The molecule has 0 spiro atoms. The molecule has 0 radical (unpaired) electrons. The summed E-state index contributed by atoms with van der Waals surface area (Å²) in [7, 11) is 0. The molecule has 3 nitrogen and oxygen atoms in total. The first-order valence-corrected chi connectivity index (χ1v) is 17.5. The molecule has 3 rings (SSSR count). The Kier molecular flexibility index (Phi) is 16.7. The van der Waals surface area contributed by atoms with Crippen molar-refractivity contribution in [3.63, 3.8) is 0 Å². The van der Waals surface area contributed by atoms with Crippen LogP contribution in [0.4, 0.5) is 0 Å². The van der Waals surface area contributed by atoms with Gasteiger partial charge in [0.2, 0.25) is 0 Å². The van der Waals surface area contributed by atoms with Crippen LogP contribution in [0.15, 0.2) is 64.4 Å². The van der Waals surface area contributed by atoms with Gasteiger partial charge in [-0.15, -0.1) is 0 Å². The summed E-state index contributed by atoms with van der Waals surface area (Å²) in [5, 5.41) is 30.4. The van der Waals surface area contributed by atoms with Crippen molar-refractivity contribution in [2.24, 2.45) is 0 Å². The van der Waals surface area contributed by atoms with E-state index in [2.05, 4.69) is 46.8 Å². The summed E-state index contributed by atoms with van der Waals surface area (Å²) in [6, 6.07) is 17.7. The van der Waals surface area contributed by atoms with Crippen molar-refractivity contribution < 1.29 is 15.3 Å². The molecule has 0 aliphatic heterocycles. The molecule has 0 atom stereocenters. The minimum absolute atomic E-state index is 0.0256. The summed E-state index contributed by atoms with van der Waals surface area (Å²) in [5.74, 6) is 0.984. The number of phenols is 3. The number of rotatable bonds is 16. The second kappa shape index (κ2) is 19.6. The van der Waals surface area contributed by atoms with Crippen LogP contribution in [0.25, 0.3) is 0 Å². The molecule has 0 unspecified atom stereocenters. The number of hydrogen-bond acceptors (Lipinski definition) is 4. The van der Waals surface area contributed by atoms with E-state index in [1.54, 1.807) is 18.2 Å². The lowest BCUT2D eigenvalue weighted by atomic mass is 9.86. The molecular weight excluding hydrogens is 548 g/mol. The summed E-state index contributed by atoms with van der Waals surface area (Å²) >= 11 is 1.47. The Labute approximate surface area is 267 Å². The Morgan fingerprint density at radius 2 is 0.977 bits per heavy atom. The average Bonchev–Trinajstić information content (AvgIpc) is 2.95. The lowest BCUT2D eigenvalue weighted by Gasteiger charge is -2.20. The first-order chi connectivity index (χ1) is 20.5. The van der Waals surface area contributed by atoms with Gasteiger partial charge in [0.1, 0.15) is 17.2 Å². The number of aryl methyl sites for hydroxylation is 3. The molecule has 0 aliphatic carbocycles. The number of unbranched alkanes of at least 4 members (excludes halogenated alkanes) is 10. The molecule has 238 valence electrons. The maximum atomic E-state index is 10.4. The van der Waals surface area contributed by atoms with Gasteiger partial charge in [-0.25, -0.2) is 0 Å². The zero-order valence-corrected chi connectivity index (χ0v) is 28.7. The van der Waals surface area contributed by atoms with Gasteiger partial charge >= 0.3 is 0 Å². The van der Waals surface area contributed by atoms with Crippen LogP contribution in [0.2, 0.25) is 0 Å². The number of aromatic hydroxyl groups is 3. The number of hydrogen-bond donors (Lipinski definition) is 3. The van der Waals surface area contributed by atoms with Crippen molar-refractivity contribution in [1.82, 2.24) is 0 Å². The quantitative estimate of drug-likeness (QED) is 0.142. The van der Waals surface area contributed by atoms with Gasteiger partial charge in [0.25, 0.3) is 0 Å². The van der Waals surface area contributed by atoms with Crippen LogP contribution in [-0.4, -0.2) is 15.3 Å². The molecule has 0 saturated carbocycles. The van der Waals surface area contributed by atoms with Crippen molar-refractivity contribution >= 4 is 11.8 Å². The van der Waals surface area contributed by atoms with Crippen LogP contribution in [0.1, 0.15) is 134 Å². The molecule has 3 N–H and O–H groups in total. The molecule has 0 heterocycles. The van der Waals surface area contributed by atoms with Gasteiger partial charge in [-0.1, -0.05) is 135 Å². The summed E-state index contributed by atoms with van der Waals surface area (Å²) in [6.45, 7) is 12.8. The number of benzene rings is 3. The molecule has 3 aromatic rings. The maximum Gasteiger partial charge on any atom is 0.129 e. The van der Waals surface area contributed by atoms with Gasteiger partial charge in [0.15, 0.2) is 0 Å². The monoisotopic (exact) mass is 606 g/mol. The fourth-order valence-corrected chi connectivity index (χ4v) is 6.21. The van der Waals surface area contributed by atoms with Gasteiger partial charge < -0.3 is 15.3 Å². The molecule has 0 amide bonds. The molecule has 0 aromatic heterocycles. The Morgan fingerprint density at radius 3 is 1.40 bits per heavy atom. The molecule has 0 bridgehead atoms. The van der Waals surface area contributed by atoms with E-state index in [-0.39, 0.29) is 16.9 Å². The average molecular weight is 607 g/mol. The summed E-state index contributed by atoms with van der Waals surface area (Å²) in [5.41, 5.74) is 4.66. The van der Waals surface area contributed by atoms with Gasteiger partial charge in [0.05, 0.1) is 9.79 Å². The van der Waals surface area contributed by atoms with Crippen molar-refractivity contribution in [2.75, 3.05) is 0 Å². The highest BCUT2D eigenvalue weighted by Crippen LogP contribution is 2.40. The van der Waals surface area contributed by atoms with Gasteiger partial charge in [-0.3, -0.25) is 0 Å². The SMILES string of the molecule is CCCCCCCCc1ccc(O)c(Sc2cc(CCCCCCCC)ccc2O)c1.Cc1ccc(C(C)(C)C)c(O)c1. The van der Waals surface area contributed by atoms with E-state index in [0.717, 1.165) is 33.8 Å². The van der Waals surface area contributed by atoms with E-state index in [0.29, 0.717) is 5.75 Å². The van der Waals surface area contributed by atoms with Crippen molar-refractivity contribution in [1.29, 1.82) is 0 Å². The van der Waals surface area contributed by atoms with Crippen LogP contribution < -0.4 is 0 Å². The summed E-state index contributed by atoms with van der Waals surface area (Å²) < 4.78 is 0. The smallest absolute Gasteiger partial charge is 0.129 e. The standard InChI is InChI=1S/C28H42O2S.C11H16O/c1-3-5-7-9-11-13-15-23-17-19-25(29)27(21-23)31-28-22-24(18-20-26(28)30)16-14-12-10-8-6-4-2;1-8-5-6-9(10(12)7-8)11(2,3)4/h17-22,29-30H,3-16H2,1-2H3;5-7,12H,1-4H3. The Hall–Kier alpha value is -2.59. The first kappa shape index (κ1) is 36.6. The molecule has 43 heavy (non-hydrogen) atoms. The zero-order valence-electron chi connectivity index (χ0n) is 27.8. The highest BCUT2D eigenvalue weighted by atomic mass is 32.2. The van der Waals surface area contributed by atoms with Crippen LogP contribution >= 0.6 is 11.8 Å². The normalized spacial score (nSPS) is 11.3. The summed E-state index contributed by atoms with van der Waals surface area (Å²) in [4.78, 5) is 1.66. The second-order valence-electron chi connectivity index (χ2n) is 13.0. The number of phenolic OH excluding ortho intramolecular Hbond substituents is 3. The van der Waals surface area contributed by atoms with E-state index >= 15 is 0 Å². The van der Waals surface area contributed by atoms with E-state index in [4.69, 9.17) is 0 Å². The lowest BCUT2D eigenvalue weighted by Crippen LogP contribution is -2.11. The highest BCUT2D eigenvalue weighted by Gasteiger charge is 2.17. The zero-order chi connectivity index (χ0) is 31.7. The molecule has 3 aromatic carbocycles. The first-order valence-electron chi connectivity index (χ1n) is 16.7. The van der Waals surface area contributed by atoms with Crippen LogP contribution in [0, 0.1) is 6.92 Å². The van der Waals surface area contributed by atoms with Gasteiger partial charge in [-0.2, -0.15) is 0 Å². The Balaban J connectivity index is 0.000000448. The third kappa shape index (κ3) is 14.2. The van der Waals surface area contributed by atoms with Gasteiger partial charge in [-0.05, 0) is 90.6 Å². The topological polar surface area (TPSA) is 60.7 Å². The maximum absolute atomic E-state index is 10.4. The van der Waals surface area contributed by atoms with Crippen molar-refractivity contribution in [3.05, 3.63) is 76.9 Å². The third-order valence-corrected chi connectivity index (χ3v) is 8.96. The van der Waals surface area contributed by atoms with Crippen molar-refractivity contribution in [2.45, 2.75) is 147 Å². The Bertz CT molecular complexity index is 1150. The van der Waals surface area contributed by atoms with Crippen molar-refractivity contribution in [3.8, 4) is 17.2 Å². The van der Waals surface area contributed by atoms with E-state index in [9.17, 15) is 15.3 Å². The van der Waals surface area contributed by atoms with E-state index in [1.807, 2.05) is 31.2 Å². The largest absolute Gasteiger partial charge is 0.508 e. The highest BCUT2D eigenvalue weighted by molar-refractivity contribution is 7.99. The second-order valence-corrected chi connectivity index (χ2v) is 14.1. The fraction of sp³-hybridized carbons (Fsp3) is 0.538. The van der Waals surface area contributed by atoms with Gasteiger partial charge in [0, 0.05) is 0 Å². The summed E-state index contributed by atoms with van der Waals surface area (Å²) in [6.07, 6.45) is 17.5. The predicted molar refractivity (Wildman–Crippen MR) is 186 cm³/mol.